The maximum Gasteiger partial charge on any atom is 0.148 e. The summed E-state index contributed by atoms with van der Waals surface area (Å²) in [6.07, 6.45) is 0.0997. The Morgan fingerprint density at radius 1 is 0.712 bits per heavy atom. The van der Waals surface area contributed by atoms with Crippen LogP contribution >= 0.6 is 0 Å². The molecule has 0 aliphatic rings. The smallest absolute Gasteiger partial charge is 0.148 e. The van der Waals surface area contributed by atoms with Crippen LogP contribution in [0, 0.1) is 12.0 Å². The SMILES string of the molecule is [2H]c1nc(-c2[c-]c(-c3cccc4c3nc(-c3ccccc3O)n4-c3ccc(CC(C)C)cc3-c3ccccc3)cc(C(C)(C)C)c2)c([2H])c(-c2c([2H])c([2H])c(C(C([2H])([2H])[2H])(C([2H])([2H])[2H])C([2H])([2H])[2H])c([2H])c2[2H])c1[2H].[Pt]. The number of hydrogen-bond donors (Lipinski definition) is 1. The van der Waals surface area contributed by atoms with Crippen LogP contribution in [0.5, 0.6) is 5.75 Å². The van der Waals surface area contributed by atoms with Crippen molar-refractivity contribution in [3.05, 3.63) is 168 Å². The van der Waals surface area contributed by atoms with Crippen molar-refractivity contribution in [1.82, 2.24) is 14.5 Å². The molecule has 300 valence electrons. The van der Waals surface area contributed by atoms with Gasteiger partial charge in [-0.15, -0.1) is 29.3 Å². The molecular weight excluding hydrogens is 902 g/mol. The number of aromatic nitrogens is 3. The summed E-state index contributed by atoms with van der Waals surface area (Å²) in [4.78, 5) is 9.64. The van der Waals surface area contributed by atoms with Gasteiger partial charge in [0, 0.05) is 50.8 Å². The van der Waals surface area contributed by atoms with E-state index in [1.54, 1.807) is 24.3 Å². The summed E-state index contributed by atoms with van der Waals surface area (Å²) in [6, 6.07) is 29.6. The first kappa shape index (κ1) is 25.8. The number of nitrogens with zero attached hydrogens (tertiary/aromatic N) is 3. The maximum atomic E-state index is 11.4. The minimum Gasteiger partial charge on any atom is -0.507 e. The third-order valence-corrected chi connectivity index (χ3v) is 9.98. The number of aromatic hydroxyl groups is 1. The van der Waals surface area contributed by atoms with Gasteiger partial charge in [0.1, 0.15) is 11.6 Å². The van der Waals surface area contributed by atoms with E-state index >= 15 is 0 Å². The van der Waals surface area contributed by atoms with E-state index in [9.17, 15) is 6.48 Å². The number of hydrogen-bond acceptors (Lipinski definition) is 3. The van der Waals surface area contributed by atoms with Crippen molar-refractivity contribution in [2.24, 2.45) is 5.92 Å². The van der Waals surface area contributed by atoms with Gasteiger partial charge in [0.15, 0.2) is 0 Å². The first-order chi connectivity index (χ1) is 34.4. The van der Waals surface area contributed by atoms with Gasteiger partial charge in [0.25, 0.3) is 0 Å². The maximum absolute atomic E-state index is 11.4. The zero-order chi connectivity index (χ0) is 54.4. The number of pyridine rings is 1. The third-order valence-electron chi connectivity index (χ3n) is 9.98. The number of benzene rings is 6. The molecule has 2 heterocycles. The second-order valence-electron chi connectivity index (χ2n) is 15.9. The van der Waals surface area contributed by atoms with Crippen LogP contribution in [0.3, 0.4) is 0 Å². The fourth-order valence-electron chi connectivity index (χ4n) is 7.10. The largest absolute Gasteiger partial charge is 0.507 e. The van der Waals surface area contributed by atoms with Crippen LogP contribution in [0.4, 0.5) is 0 Å². The zero-order valence-corrected chi connectivity index (χ0v) is 35.5. The topological polar surface area (TPSA) is 50.9 Å². The van der Waals surface area contributed by atoms with E-state index in [1.807, 2.05) is 86.0 Å². The van der Waals surface area contributed by atoms with E-state index in [4.69, 9.17) is 25.5 Å². The van der Waals surface area contributed by atoms with Crippen molar-refractivity contribution in [1.29, 1.82) is 0 Å². The van der Waals surface area contributed by atoms with Crippen LogP contribution in [0.1, 0.15) is 93.8 Å². The summed E-state index contributed by atoms with van der Waals surface area (Å²) in [5.74, 6) is 0.836. The average Bonchev–Trinajstić information content (AvgIpc) is 3.70. The predicted octanol–water partition coefficient (Wildman–Crippen LogP) is 14.1. The van der Waals surface area contributed by atoms with Crippen molar-refractivity contribution in [3.63, 3.8) is 0 Å². The molecule has 0 saturated carbocycles. The quantitative estimate of drug-likeness (QED) is 0.154. The molecule has 8 aromatic rings. The Bertz CT molecular complexity index is 3440. The Morgan fingerprint density at radius 3 is 2.14 bits per heavy atom. The fraction of sp³-hybridized carbons (Fsp3) is 0.222. The van der Waals surface area contributed by atoms with Crippen LogP contribution in [0.15, 0.2) is 146 Å². The molecule has 4 nitrogen and oxygen atoms in total. The molecule has 2 aromatic heterocycles. The molecule has 59 heavy (non-hydrogen) atoms. The van der Waals surface area contributed by atoms with E-state index in [2.05, 4.69) is 43.1 Å². The summed E-state index contributed by atoms with van der Waals surface area (Å²) < 4.78 is 140. The van der Waals surface area contributed by atoms with E-state index < -0.39 is 90.5 Å². The molecule has 0 radical (unpaired) electrons. The van der Waals surface area contributed by atoms with E-state index in [0.717, 1.165) is 28.8 Å². The minimum absolute atomic E-state index is 0. The molecule has 0 fully saturated rings. The molecule has 6 aromatic carbocycles. The molecule has 8 rings (SSSR count). The number of phenols is 1. The summed E-state index contributed by atoms with van der Waals surface area (Å²) in [5, 5.41) is 11.4. The first-order valence-corrected chi connectivity index (χ1v) is 19.1. The molecule has 0 unspecified atom stereocenters. The Balaban J connectivity index is 0.00000820. The molecule has 0 aliphatic carbocycles. The fourth-order valence-corrected chi connectivity index (χ4v) is 7.10. The minimum atomic E-state index is -3.92. The summed E-state index contributed by atoms with van der Waals surface area (Å²) in [7, 11) is 0. The van der Waals surface area contributed by atoms with Crippen LogP contribution in [0.25, 0.3) is 72.7 Å². The molecular formula is C54H52N3OPt-. The summed E-state index contributed by atoms with van der Waals surface area (Å²) in [5.41, 5.74) is -0.140. The van der Waals surface area contributed by atoms with Crippen LogP contribution in [0.2, 0.25) is 0 Å². The van der Waals surface area contributed by atoms with Gasteiger partial charge < -0.3 is 5.11 Å². The number of imidazole rings is 1. The van der Waals surface area contributed by atoms with E-state index in [1.165, 1.54) is 0 Å². The van der Waals surface area contributed by atoms with Crippen molar-refractivity contribution in [2.75, 3.05) is 0 Å². The van der Waals surface area contributed by atoms with Crippen LogP contribution in [-0.4, -0.2) is 19.6 Å². The van der Waals surface area contributed by atoms with Gasteiger partial charge in [-0.3, -0.25) is 9.55 Å². The van der Waals surface area contributed by atoms with E-state index in [0.29, 0.717) is 45.0 Å². The van der Waals surface area contributed by atoms with Gasteiger partial charge in [-0.2, -0.15) is 0 Å². The molecule has 0 atom stereocenters. The van der Waals surface area contributed by atoms with Gasteiger partial charge in [-0.1, -0.05) is 157 Å². The van der Waals surface area contributed by atoms with E-state index in [-0.39, 0.29) is 38.1 Å². The third kappa shape index (κ3) is 8.61. The monoisotopic (exact) mass is 969 g/mol. The molecule has 0 bridgehead atoms. The van der Waals surface area contributed by atoms with Crippen molar-refractivity contribution in [3.8, 4) is 67.5 Å². The zero-order valence-electron chi connectivity index (χ0n) is 49.2. The Hall–Kier alpha value is -5.57. The number of fused-ring (bicyclic) bond motifs is 1. The van der Waals surface area contributed by atoms with Gasteiger partial charge in [-0.05, 0) is 87.4 Å². The first-order valence-electron chi connectivity index (χ1n) is 27.1. The Morgan fingerprint density at radius 2 is 1.42 bits per heavy atom. The van der Waals surface area contributed by atoms with Crippen LogP contribution in [-0.2, 0) is 38.3 Å². The summed E-state index contributed by atoms with van der Waals surface area (Å²) in [6.45, 7) is -1.55. The number of para-hydroxylation sites is 2. The van der Waals surface area contributed by atoms with Crippen molar-refractivity contribution >= 4 is 11.0 Å². The average molecular weight is 970 g/mol. The predicted molar refractivity (Wildman–Crippen MR) is 242 cm³/mol. The van der Waals surface area contributed by atoms with Gasteiger partial charge in [-0.25, -0.2) is 4.98 Å². The van der Waals surface area contributed by atoms with Gasteiger partial charge in [0.2, 0.25) is 0 Å². The number of rotatable bonds is 8. The normalized spacial score (nSPS) is 16.4. The Labute approximate surface area is 386 Å². The molecule has 0 spiro atoms. The molecule has 1 N–H and O–H groups in total. The second kappa shape index (κ2) is 16.6. The Kier molecular flexibility index (Phi) is 7.26. The van der Waals surface area contributed by atoms with Crippen molar-refractivity contribution in [2.45, 2.75) is 72.4 Å². The van der Waals surface area contributed by atoms with Gasteiger partial charge in [0.05, 0.1) is 31.9 Å². The number of phenolic OH excluding ortho intramolecular Hbond substituents is 1. The molecule has 0 aliphatic heterocycles. The van der Waals surface area contributed by atoms with Crippen LogP contribution < -0.4 is 0 Å². The van der Waals surface area contributed by atoms with Gasteiger partial charge >= 0.3 is 0 Å². The molecule has 0 amide bonds. The standard InChI is InChI=1S/C54H52N3O.Pt/c1-35(2)29-36-21-26-48(46(30-36)38-15-10-9-11-16-38)57-49-19-14-18-44(51(49)56-52(57)45-17-12-13-20-50(45)58)40-31-41(33-43(32-40)54(6,7)8)47-34-39(27-28-55-47)37-22-24-42(25-23-37)53(3,4)5;/h9-28,30,32-35,58H,29H2,1-8H3;/q-1;/i3D3,4D3,5D3,22D,23D,24D,25D,27D,28D,34D;. The second-order valence-corrected chi connectivity index (χ2v) is 15.9. The molecule has 5 heteroatoms. The summed E-state index contributed by atoms with van der Waals surface area (Å²) >= 11 is 0. The molecule has 0 saturated heterocycles. The van der Waals surface area contributed by atoms with Crippen molar-refractivity contribution < 1.29 is 48.1 Å².